The Bertz CT molecular complexity index is 385. The number of thioether (sulfide) groups is 1. The predicted octanol–water partition coefficient (Wildman–Crippen LogP) is 4.78. The van der Waals surface area contributed by atoms with Crippen LogP contribution in [0.2, 0.25) is 0 Å². The highest BCUT2D eigenvalue weighted by molar-refractivity contribution is 7.99. The van der Waals surface area contributed by atoms with Crippen molar-refractivity contribution in [3.63, 3.8) is 0 Å². The summed E-state index contributed by atoms with van der Waals surface area (Å²) in [7, 11) is 0. The summed E-state index contributed by atoms with van der Waals surface area (Å²) < 4.78 is 0. The van der Waals surface area contributed by atoms with Crippen molar-refractivity contribution in [3.05, 3.63) is 42.5 Å². The first-order chi connectivity index (χ1) is 9.38. The zero-order valence-corrected chi connectivity index (χ0v) is 12.6. The number of nitrogens with one attached hydrogen (secondary N) is 1. The first kappa shape index (κ1) is 14.7. The van der Waals surface area contributed by atoms with E-state index in [1.165, 1.54) is 48.3 Å². The van der Waals surface area contributed by atoms with Crippen molar-refractivity contribution in [2.24, 2.45) is 0 Å². The van der Waals surface area contributed by atoms with E-state index < -0.39 is 0 Å². The van der Waals surface area contributed by atoms with Crippen LogP contribution >= 0.6 is 11.8 Å². The van der Waals surface area contributed by atoms with Crippen LogP contribution in [0.25, 0.3) is 0 Å². The lowest BCUT2D eigenvalue weighted by Gasteiger charge is -2.06. The molecule has 1 nitrogen and oxygen atoms in total. The molecule has 0 aromatic heterocycles. The van der Waals surface area contributed by atoms with E-state index in [1.807, 2.05) is 17.8 Å². The van der Waals surface area contributed by atoms with Crippen LogP contribution in [0.1, 0.15) is 44.1 Å². The molecule has 0 aliphatic heterocycles. The molecule has 0 saturated heterocycles. The molecule has 0 atom stereocenters. The third-order valence-corrected chi connectivity index (χ3v) is 4.47. The third-order valence-electron chi connectivity index (χ3n) is 3.39. The summed E-state index contributed by atoms with van der Waals surface area (Å²) in [4.78, 5) is 1.42. The van der Waals surface area contributed by atoms with Gasteiger partial charge in [-0.2, -0.15) is 0 Å². The second-order valence-corrected chi connectivity index (χ2v) is 6.46. The molecule has 0 heterocycles. The van der Waals surface area contributed by atoms with Gasteiger partial charge in [-0.1, -0.05) is 24.6 Å². The standard InChI is InChI=1S/C17H25NS/c1-2-3-4-5-6-12-19-17-9-7-8-15(13-17)14-18-16-10-11-16/h2,7-9,13,16,18H,1,3-6,10-12,14H2. The molecule has 0 radical (unpaired) electrons. The molecular formula is C17H25NS. The Labute approximate surface area is 121 Å². The van der Waals surface area contributed by atoms with Gasteiger partial charge in [0.05, 0.1) is 0 Å². The van der Waals surface area contributed by atoms with Gasteiger partial charge in [-0.25, -0.2) is 0 Å². The monoisotopic (exact) mass is 275 g/mol. The summed E-state index contributed by atoms with van der Waals surface area (Å²) in [5.41, 5.74) is 1.42. The Morgan fingerprint density at radius 3 is 2.95 bits per heavy atom. The quantitative estimate of drug-likeness (QED) is 0.375. The zero-order chi connectivity index (χ0) is 13.3. The molecule has 0 unspecified atom stereocenters. The maximum absolute atomic E-state index is 3.76. The number of allylic oxidation sites excluding steroid dienone is 1. The molecule has 1 fully saturated rings. The molecule has 1 aromatic carbocycles. The first-order valence-corrected chi connectivity index (χ1v) is 8.43. The summed E-state index contributed by atoms with van der Waals surface area (Å²) in [6.07, 6.45) is 9.81. The molecule has 104 valence electrons. The van der Waals surface area contributed by atoms with Crippen molar-refractivity contribution in [2.45, 2.75) is 56.0 Å². The fourth-order valence-corrected chi connectivity index (χ4v) is 3.05. The van der Waals surface area contributed by atoms with Crippen LogP contribution in [0.15, 0.2) is 41.8 Å². The first-order valence-electron chi connectivity index (χ1n) is 7.44. The average Bonchev–Trinajstić information content (AvgIpc) is 3.25. The minimum Gasteiger partial charge on any atom is -0.310 e. The number of benzene rings is 1. The van der Waals surface area contributed by atoms with E-state index >= 15 is 0 Å². The second kappa shape index (κ2) is 8.44. The number of hydrogen-bond acceptors (Lipinski definition) is 2. The van der Waals surface area contributed by atoms with Gasteiger partial charge in [-0.15, -0.1) is 18.3 Å². The minimum atomic E-state index is 0.793. The van der Waals surface area contributed by atoms with Crippen LogP contribution in [0.3, 0.4) is 0 Å². The van der Waals surface area contributed by atoms with E-state index in [2.05, 4.69) is 36.2 Å². The normalized spacial score (nSPS) is 14.5. The van der Waals surface area contributed by atoms with Crippen LogP contribution in [0, 0.1) is 0 Å². The van der Waals surface area contributed by atoms with Crippen molar-refractivity contribution in [1.29, 1.82) is 0 Å². The molecule has 1 N–H and O–H groups in total. The van der Waals surface area contributed by atoms with E-state index in [4.69, 9.17) is 0 Å². The smallest absolute Gasteiger partial charge is 0.0208 e. The van der Waals surface area contributed by atoms with Crippen LogP contribution in [0.4, 0.5) is 0 Å². The van der Waals surface area contributed by atoms with Gasteiger partial charge in [0.15, 0.2) is 0 Å². The number of rotatable bonds is 10. The van der Waals surface area contributed by atoms with Gasteiger partial charge in [-0.05, 0) is 55.6 Å². The van der Waals surface area contributed by atoms with Gasteiger partial charge in [-0.3, -0.25) is 0 Å². The maximum Gasteiger partial charge on any atom is 0.0208 e. The topological polar surface area (TPSA) is 12.0 Å². The highest BCUT2D eigenvalue weighted by Gasteiger charge is 2.19. The van der Waals surface area contributed by atoms with Gasteiger partial charge in [0.1, 0.15) is 0 Å². The lowest BCUT2D eigenvalue weighted by atomic mass is 10.2. The SMILES string of the molecule is C=CCCCCCSc1cccc(CNC2CC2)c1. The fourth-order valence-electron chi connectivity index (χ4n) is 2.05. The summed E-state index contributed by atoms with van der Waals surface area (Å²) in [6, 6.07) is 9.77. The van der Waals surface area contributed by atoms with Gasteiger partial charge in [0.25, 0.3) is 0 Å². The Morgan fingerprint density at radius 1 is 1.26 bits per heavy atom. The Morgan fingerprint density at radius 2 is 2.16 bits per heavy atom. The number of hydrogen-bond donors (Lipinski definition) is 1. The predicted molar refractivity (Wildman–Crippen MR) is 85.7 cm³/mol. The average molecular weight is 275 g/mol. The molecular weight excluding hydrogens is 250 g/mol. The fraction of sp³-hybridized carbons (Fsp3) is 0.529. The van der Waals surface area contributed by atoms with Gasteiger partial charge in [0.2, 0.25) is 0 Å². The highest BCUT2D eigenvalue weighted by Crippen LogP contribution is 2.22. The van der Waals surface area contributed by atoms with Gasteiger partial charge in [0, 0.05) is 17.5 Å². The minimum absolute atomic E-state index is 0.793. The lowest BCUT2D eigenvalue weighted by Crippen LogP contribution is -2.15. The number of unbranched alkanes of at least 4 members (excludes halogenated alkanes) is 3. The second-order valence-electron chi connectivity index (χ2n) is 5.29. The molecule has 19 heavy (non-hydrogen) atoms. The largest absolute Gasteiger partial charge is 0.310 e. The van der Waals surface area contributed by atoms with Gasteiger partial charge >= 0.3 is 0 Å². The van der Waals surface area contributed by atoms with E-state index in [0.29, 0.717) is 0 Å². The molecule has 0 spiro atoms. The van der Waals surface area contributed by atoms with Crippen molar-refractivity contribution < 1.29 is 0 Å². The molecule has 0 amide bonds. The third kappa shape index (κ3) is 6.31. The van der Waals surface area contributed by atoms with Crippen LogP contribution < -0.4 is 5.32 Å². The van der Waals surface area contributed by atoms with Crippen molar-refractivity contribution in [1.82, 2.24) is 5.32 Å². The molecule has 1 aromatic rings. The van der Waals surface area contributed by atoms with Crippen molar-refractivity contribution in [3.8, 4) is 0 Å². The zero-order valence-electron chi connectivity index (χ0n) is 11.7. The van der Waals surface area contributed by atoms with Crippen molar-refractivity contribution >= 4 is 11.8 Å². The molecule has 0 bridgehead atoms. The lowest BCUT2D eigenvalue weighted by molar-refractivity contribution is 0.687. The van der Waals surface area contributed by atoms with Crippen LogP contribution in [0.5, 0.6) is 0 Å². The summed E-state index contributed by atoms with van der Waals surface area (Å²) in [6.45, 7) is 4.79. The Hall–Kier alpha value is -0.730. The highest BCUT2D eigenvalue weighted by atomic mass is 32.2. The molecule has 1 saturated carbocycles. The molecule has 1 aliphatic carbocycles. The molecule has 1 aliphatic rings. The summed E-state index contributed by atoms with van der Waals surface area (Å²) in [5, 5.41) is 3.57. The summed E-state index contributed by atoms with van der Waals surface area (Å²) >= 11 is 1.99. The Balaban J connectivity index is 1.64. The van der Waals surface area contributed by atoms with E-state index in [9.17, 15) is 0 Å². The van der Waals surface area contributed by atoms with Crippen LogP contribution in [-0.4, -0.2) is 11.8 Å². The molecule has 2 heteroatoms. The Kier molecular flexibility index (Phi) is 6.52. The maximum atomic E-state index is 3.76. The van der Waals surface area contributed by atoms with Crippen molar-refractivity contribution in [2.75, 3.05) is 5.75 Å². The van der Waals surface area contributed by atoms with E-state index in [1.54, 1.807) is 0 Å². The van der Waals surface area contributed by atoms with Gasteiger partial charge < -0.3 is 5.32 Å². The van der Waals surface area contributed by atoms with E-state index in [0.717, 1.165) is 19.0 Å². The van der Waals surface area contributed by atoms with E-state index in [-0.39, 0.29) is 0 Å². The van der Waals surface area contributed by atoms with Crippen LogP contribution in [-0.2, 0) is 6.54 Å². The molecule has 2 rings (SSSR count). The summed E-state index contributed by atoms with van der Waals surface area (Å²) in [5.74, 6) is 1.23.